The lowest BCUT2D eigenvalue weighted by molar-refractivity contribution is 0.572. The van der Waals surface area contributed by atoms with Crippen molar-refractivity contribution in [2.24, 2.45) is 23.7 Å². The molecule has 0 nitrogen and oxygen atoms in total. The van der Waals surface area contributed by atoms with E-state index in [1.165, 1.54) is 71.2 Å². The lowest BCUT2D eigenvalue weighted by Gasteiger charge is -2.33. The predicted molar refractivity (Wildman–Crippen MR) is 161 cm³/mol. The fourth-order valence-electron chi connectivity index (χ4n) is 7.90. The minimum absolute atomic E-state index is 0.447. The number of fused-ring (bicyclic) bond motifs is 6. The molecule has 0 heteroatoms. The van der Waals surface area contributed by atoms with Crippen LogP contribution in [0.15, 0.2) is 101 Å². The Labute approximate surface area is 226 Å². The fraction of sp³-hybridized carbons (Fsp3) is 0.316. The molecule has 0 fully saturated rings. The van der Waals surface area contributed by atoms with Crippen LogP contribution >= 0.6 is 0 Å². The Balaban J connectivity index is 1.21. The third-order valence-electron chi connectivity index (χ3n) is 9.95. The molecule has 38 heavy (non-hydrogen) atoms. The van der Waals surface area contributed by atoms with Crippen LogP contribution in [-0.4, -0.2) is 0 Å². The first-order valence-electron chi connectivity index (χ1n) is 14.9. The van der Waals surface area contributed by atoms with Crippen molar-refractivity contribution < 1.29 is 0 Å². The summed E-state index contributed by atoms with van der Waals surface area (Å²) in [7, 11) is 0. The second-order valence-corrected chi connectivity index (χ2v) is 12.1. The summed E-state index contributed by atoms with van der Waals surface area (Å²) in [6.45, 7) is 0. The highest BCUT2D eigenvalue weighted by molar-refractivity contribution is 5.75. The van der Waals surface area contributed by atoms with Gasteiger partial charge in [-0.05, 0) is 112 Å². The summed E-state index contributed by atoms with van der Waals surface area (Å²) in [5, 5.41) is 2.97. The smallest absolute Gasteiger partial charge is 0.0122 e. The van der Waals surface area contributed by atoms with Gasteiger partial charge in [0.15, 0.2) is 0 Å². The van der Waals surface area contributed by atoms with E-state index in [1.54, 1.807) is 22.3 Å². The average molecular weight is 493 g/mol. The highest BCUT2D eigenvalue weighted by Gasteiger charge is 2.29. The van der Waals surface area contributed by atoms with Crippen LogP contribution in [0.1, 0.15) is 61.6 Å². The molecule has 0 N–H and O–H groups in total. The predicted octanol–water partition coefficient (Wildman–Crippen LogP) is 7.85. The minimum Gasteiger partial charge on any atom is -0.0842 e. The molecule has 0 amide bonds. The van der Waals surface area contributed by atoms with Crippen molar-refractivity contribution in [3.8, 4) is 0 Å². The van der Waals surface area contributed by atoms with E-state index >= 15 is 0 Å². The second kappa shape index (κ2) is 9.12. The van der Waals surface area contributed by atoms with Crippen LogP contribution in [0.4, 0.5) is 0 Å². The van der Waals surface area contributed by atoms with Crippen molar-refractivity contribution in [2.75, 3.05) is 0 Å². The van der Waals surface area contributed by atoms with Gasteiger partial charge in [0.05, 0.1) is 0 Å². The van der Waals surface area contributed by atoms with Crippen LogP contribution in [0.2, 0.25) is 0 Å². The van der Waals surface area contributed by atoms with Crippen LogP contribution in [0.5, 0.6) is 0 Å². The van der Waals surface area contributed by atoms with Gasteiger partial charge in [0.1, 0.15) is 0 Å². The van der Waals surface area contributed by atoms with Crippen molar-refractivity contribution in [1.82, 2.24) is 0 Å². The highest BCUT2D eigenvalue weighted by atomic mass is 14.3. The Morgan fingerprint density at radius 1 is 0.737 bits per heavy atom. The van der Waals surface area contributed by atoms with Gasteiger partial charge in [-0.1, -0.05) is 97.2 Å². The lowest BCUT2D eigenvalue weighted by Crippen LogP contribution is -2.37. The molecule has 0 saturated heterocycles. The van der Waals surface area contributed by atoms with Gasteiger partial charge in [-0.3, -0.25) is 0 Å². The van der Waals surface area contributed by atoms with E-state index in [2.05, 4.69) is 97.2 Å². The van der Waals surface area contributed by atoms with Crippen LogP contribution in [-0.2, 0) is 6.42 Å². The summed E-state index contributed by atoms with van der Waals surface area (Å²) in [6, 6.07) is 2.56. The Morgan fingerprint density at radius 3 is 2.66 bits per heavy atom. The Hall–Kier alpha value is -3.38. The molecule has 0 spiro atoms. The van der Waals surface area contributed by atoms with E-state index in [-0.39, 0.29) is 0 Å². The van der Waals surface area contributed by atoms with E-state index in [9.17, 15) is 0 Å². The van der Waals surface area contributed by atoms with E-state index in [1.807, 2.05) is 0 Å². The van der Waals surface area contributed by atoms with Gasteiger partial charge in [0.25, 0.3) is 0 Å². The topological polar surface area (TPSA) is 0 Å². The summed E-state index contributed by atoms with van der Waals surface area (Å²) in [6.07, 6.45) is 46.2. The fourth-order valence-corrected chi connectivity index (χ4v) is 7.90. The number of allylic oxidation sites excluding steroid dienone is 17. The van der Waals surface area contributed by atoms with Crippen LogP contribution < -0.4 is 10.4 Å². The molecule has 0 heterocycles. The maximum atomic E-state index is 2.63. The normalized spacial score (nSPS) is 30.1. The molecule has 7 aliphatic carbocycles. The van der Waals surface area contributed by atoms with E-state index in [4.69, 9.17) is 0 Å². The summed E-state index contributed by atoms with van der Waals surface area (Å²) in [5.41, 5.74) is 12.2. The number of rotatable bonds is 2. The summed E-state index contributed by atoms with van der Waals surface area (Å²) < 4.78 is 0. The Kier molecular flexibility index (Phi) is 5.42. The van der Waals surface area contributed by atoms with Crippen molar-refractivity contribution >= 4 is 23.8 Å². The lowest BCUT2D eigenvalue weighted by atomic mass is 9.71. The SMILES string of the molecule is C1=CC2=C(C=CC3C=C(C4C=c5c(C6=CC=C7C=CCCC7C6)cc6c(c5=CC4)C=CCC6)C=CC23)CC1. The maximum absolute atomic E-state index is 2.63. The second-order valence-electron chi connectivity index (χ2n) is 12.1. The van der Waals surface area contributed by atoms with Gasteiger partial charge < -0.3 is 0 Å². The van der Waals surface area contributed by atoms with Gasteiger partial charge in [-0.25, -0.2) is 0 Å². The molecule has 0 bridgehead atoms. The Morgan fingerprint density at radius 2 is 1.66 bits per heavy atom. The van der Waals surface area contributed by atoms with Crippen LogP contribution in [0, 0.1) is 23.7 Å². The molecule has 4 unspecified atom stereocenters. The van der Waals surface area contributed by atoms with E-state index in [0.717, 1.165) is 12.8 Å². The molecular weight excluding hydrogens is 456 g/mol. The third-order valence-corrected chi connectivity index (χ3v) is 9.95. The average Bonchev–Trinajstić information content (AvgIpc) is 2.99. The molecule has 1 aromatic rings. The van der Waals surface area contributed by atoms with E-state index < -0.39 is 0 Å². The van der Waals surface area contributed by atoms with Crippen molar-refractivity contribution in [3.63, 3.8) is 0 Å². The minimum atomic E-state index is 0.447. The molecule has 8 rings (SSSR count). The van der Waals surface area contributed by atoms with E-state index in [0.29, 0.717) is 23.7 Å². The summed E-state index contributed by atoms with van der Waals surface area (Å²) >= 11 is 0. The van der Waals surface area contributed by atoms with Gasteiger partial charge >= 0.3 is 0 Å². The number of aryl methyl sites for hydroxylation is 1. The summed E-state index contributed by atoms with van der Waals surface area (Å²) in [4.78, 5) is 0. The first kappa shape index (κ1) is 22.6. The molecule has 0 radical (unpaired) electrons. The molecule has 0 saturated carbocycles. The molecule has 0 aromatic heterocycles. The maximum Gasteiger partial charge on any atom is 0.0122 e. The van der Waals surface area contributed by atoms with Crippen LogP contribution in [0.3, 0.4) is 0 Å². The first-order valence-corrected chi connectivity index (χ1v) is 14.9. The third kappa shape index (κ3) is 3.72. The molecule has 7 aliphatic rings. The van der Waals surface area contributed by atoms with Gasteiger partial charge in [0.2, 0.25) is 0 Å². The zero-order chi connectivity index (χ0) is 25.1. The quantitative estimate of drug-likeness (QED) is 0.394. The van der Waals surface area contributed by atoms with Gasteiger partial charge in [-0.2, -0.15) is 0 Å². The largest absolute Gasteiger partial charge is 0.0842 e. The highest BCUT2D eigenvalue weighted by Crippen LogP contribution is 2.41. The zero-order valence-corrected chi connectivity index (χ0v) is 22.2. The molecule has 0 aliphatic heterocycles. The first-order chi connectivity index (χ1) is 18.8. The molecule has 188 valence electrons. The number of hydrogen-bond acceptors (Lipinski definition) is 0. The van der Waals surface area contributed by atoms with Crippen LogP contribution in [0.25, 0.3) is 23.8 Å². The number of benzene rings is 1. The zero-order valence-electron chi connectivity index (χ0n) is 22.2. The number of hydrogen-bond donors (Lipinski definition) is 0. The monoisotopic (exact) mass is 492 g/mol. The molecule has 4 atom stereocenters. The van der Waals surface area contributed by atoms with Crippen molar-refractivity contribution in [3.05, 3.63) is 128 Å². The van der Waals surface area contributed by atoms with Crippen molar-refractivity contribution in [2.45, 2.75) is 51.4 Å². The summed E-state index contributed by atoms with van der Waals surface area (Å²) in [5.74, 6) is 2.13. The standard InChI is InChI=1S/C38H36/c1-2-9-27-21-32(15-13-25(27)7-1)37-24-30-10-4-6-12-34(30)36-20-18-29(23-38(36)37)28-17-19-35-31(22-28)16-14-26-8-3-5-11-33(26)35/h1,5-7,11-17,19-20,22-24,27,29,31,35H,2-4,8-10,18,21H2. The Bertz CT molecular complexity index is 1620. The van der Waals surface area contributed by atoms with Gasteiger partial charge in [0, 0.05) is 17.8 Å². The van der Waals surface area contributed by atoms with Gasteiger partial charge in [-0.15, -0.1) is 0 Å². The molecule has 1 aromatic carbocycles. The van der Waals surface area contributed by atoms with Crippen molar-refractivity contribution in [1.29, 1.82) is 0 Å². The molecular formula is C38H36.